The Labute approximate surface area is 189 Å². The van der Waals surface area contributed by atoms with Crippen LogP contribution in [0.25, 0.3) is 17.3 Å². The number of benzene rings is 1. The Morgan fingerprint density at radius 2 is 2.13 bits per heavy atom. The maximum absolute atomic E-state index is 13.1. The van der Waals surface area contributed by atoms with Crippen molar-refractivity contribution in [3.8, 4) is 11.3 Å². The second-order valence-electron chi connectivity index (χ2n) is 7.30. The largest absolute Gasteiger partial charge is 0.325 e. The van der Waals surface area contributed by atoms with Crippen molar-refractivity contribution < 1.29 is 9.48 Å². The first-order valence-electron chi connectivity index (χ1n) is 10.4. The molecule has 0 bridgehead atoms. The van der Waals surface area contributed by atoms with E-state index in [9.17, 15) is 9.59 Å². The summed E-state index contributed by atoms with van der Waals surface area (Å²) in [5, 5.41) is 7.35. The van der Waals surface area contributed by atoms with Crippen LogP contribution in [0.3, 0.4) is 0 Å². The first-order valence-corrected chi connectivity index (χ1v) is 12.3. The number of fused-ring (bicyclic) bond motifs is 3. The van der Waals surface area contributed by atoms with Crippen molar-refractivity contribution in [3.05, 3.63) is 63.1 Å². The quantitative estimate of drug-likeness (QED) is 0.321. The summed E-state index contributed by atoms with van der Waals surface area (Å²) in [6.45, 7) is 3.71. The number of hydrogen-bond donors (Lipinski definition) is 1. The molecule has 3 heterocycles. The second kappa shape index (κ2) is 9.62. The topological polar surface area (TPSA) is 69.9 Å². The highest BCUT2D eigenvalue weighted by molar-refractivity contribution is 7.99. The van der Waals surface area contributed by atoms with Crippen molar-refractivity contribution in [2.24, 2.45) is 0 Å². The van der Waals surface area contributed by atoms with E-state index < -0.39 is 6.17 Å². The maximum Gasteiger partial charge on any atom is 0.325 e. The van der Waals surface area contributed by atoms with Crippen LogP contribution in [-0.2, 0) is 4.79 Å². The lowest BCUT2D eigenvalue weighted by Gasteiger charge is -2.29. The van der Waals surface area contributed by atoms with Gasteiger partial charge in [0.25, 0.3) is 6.17 Å². The van der Waals surface area contributed by atoms with Gasteiger partial charge >= 0.3 is 11.3 Å². The molecule has 3 aromatic rings. The standard InChI is InChI=1S/C23H24N4O2S2/c1-3-4-7-14-31-23-24-22(29)21-18-10-5-6-11-19(18)26(16(2)28)20(27(21)25-23)13-12-17-9-8-15-30-17/h5-6,8-13,15,20H,3-4,7,14H2,1-2H3/p+1/b13-12+/t20-/m0/s1. The third-order valence-corrected chi connectivity index (χ3v) is 6.89. The summed E-state index contributed by atoms with van der Waals surface area (Å²) in [4.78, 5) is 31.6. The number of para-hydroxylation sites is 1. The molecule has 4 rings (SSSR count). The van der Waals surface area contributed by atoms with Gasteiger partial charge in [-0.05, 0) is 40.8 Å². The number of nitrogens with zero attached hydrogens (tertiary/aromatic N) is 3. The molecule has 0 saturated heterocycles. The number of nitrogens with one attached hydrogen (secondary N) is 1. The molecule has 0 radical (unpaired) electrons. The highest BCUT2D eigenvalue weighted by Crippen LogP contribution is 2.35. The number of unbranched alkanes of at least 4 members (excludes halogenated alkanes) is 2. The number of thioether (sulfide) groups is 1. The first-order chi connectivity index (χ1) is 15.1. The van der Waals surface area contributed by atoms with E-state index in [1.807, 2.05) is 53.9 Å². The molecular formula is C23H25N4O2S2+. The second-order valence-corrected chi connectivity index (χ2v) is 9.37. The number of anilines is 1. The van der Waals surface area contributed by atoms with Crippen LogP contribution in [0.1, 0.15) is 44.2 Å². The van der Waals surface area contributed by atoms with Gasteiger partial charge < -0.3 is 0 Å². The van der Waals surface area contributed by atoms with Gasteiger partial charge in [-0.2, -0.15) is 0 Å². The Hall–Kier alpha value is -2.71. The van der Waals surface area contributed by atoms with Gasteiger partial charge in [0.15, 0.2) is 0 Å². The lowest BCUT2D eigenvalue weighted by molar-refractivity contribution is -0.761. The highest BCUT2D eigenvalue weighted by Gasteiger charge is 2.42. The summed E-state index contributed by atoms with van der Waals surface area (Å²) >= 11 is 3.16. The average Bonchev–Trinajstić information content (AvgIpc) is 3.28. The smallest absolute Gasteiger partial charge is 0.291 e. The molecule has 0 unspecified atom stereocenters. The fourth-order valence-corrected chi connectivity index (χ4v) is 5.16. The van der Waals surface area contributed by atoms with Gasteiger partial charge in [0.05, 0.1) is 11.3 Å². The van der Waals surface area contributed by atoms with Crippen molar-refractivity contribution >= 4 is 40.8 Å². The number of carbonyl (C=O) groups excluding carboxylic acids is 1. The summed E-state index contributed by atoms with van der Waals surface area (Å²) in [7, 11) is 0. The zero-order valence-corrected chi connectivity index (χ0v) is 19.2. The van der Waals surface area contributed by atoms with E-state index in [2.05, 4.69) is 11.9 Å². The predicted octanol–water partition coefficient (Wildman–Crippen LogP) is 4.65. The fourth-order valence-electron chi connectivity index (χ4n) is 3.68. The third kappa shape index (κ3) is 4.50. The zero-order chi connectivity index (χ0) is 21.8. The third-order valence-electron chi connectivity index (χ3n) is 5.10. The summed E-state index contributed by atoms with van der Waals surface area (Å²) in [6.07, 6.45) is 6.74. The van der Waals surface area contributed by atoms with Crippen LogP contribution in [0.5, 0.6) is 0 Å². The van der Waals surface area contributed by atoms with Crippen molar-refractivity contribution in [1.29, 1.82) is 0 Å². The van der Waals surface area contributed by atoms with Crippen LogP contribution in [-0.4, -0.2) is 21.7 Å². The summed E-state index contributed by atoms with van der Waals surface area (Å²) in [5.41, 5.74) is 1.69. The molecule has 8 heteroatoms. The number of amides is 1. The molecule has 6 nitrogen and oxygen atoms in total. The Morgan fingerprint density at radius 1 is 1.29 bits per heavy atom. The van der Waals surface area contributed by atoms with Crippen LogP contribution < -0.4 is 15.1 Å². The maximum atomic E-state index is 13.1. The summed E-state index contributed by atoms with van der Waals surface area (Å²) in [5.74, 6) is 0.782. The van der Waals surface area contributed by atoms with E-state index in [0.717, 1.165) is 29.9 Å². The van der Waals surface area contributed by atoms with Crippen molar-refractivity contribution in [2.75, 3.05) is 10.7 Å². The molecule has 1 aromatic carbocycles. The van der Waals surface area contributed by atoms with E-state index in [1.165, 1.54) is 0 Å². The number of carbonyl (C=O) groups is 1. The van der Waals surface area contributed by atoms with E-state index >= 15 is 0 Å². The minimum absolute atomic E-state index is 0.106. The molecule has 31 heavy (non-hydrogen) atoms. The molecular weight excluding hydrogens is 428 g/mol. The number of rotatable bonds is 7. The van der Waals surface area contributed by atoms with Gasteiger partial charge in [-0.25, -0.2) is 4.90 Å². The molecule has 1 aliphatic rings. The van der Waals surface area contributed by atoms with Crippen molar-refractivity contribution in [2.45, 2.75) is 44.4 Å². The Morgan fingerprint density at radius 3 is 2.87 bits per heavy atom. The predicted molar refractivity (Wildman–Crippen MR) is 126 cm³/mol. The molecule has 160 valence electrons. The zero-order valence-electron chi connectivity index (χ0n) is 17.6. The molecule has 1 aliphatic heterocycles. The minimum atomic E-state index is -0.526. The van der Waals surface area contributed by atoms with Crippen LogP contribution in [0.15, 0.2) is 57.8 Å². The average molecular weight is 454 g/mol. The number of aromatic amines is 1. The number of thiophene rings is 1. The Balaban J connectivity index is 1.83. The monoisotopic (exact) mass is 453 g/mol. The van der Waals surface area contributed by atoms with Gasteiger partial charge in [0.2, 0.25) is 11.1 Å². The molecule has 1 atom stereocenters. The van der Waals surface area contributed by atoms with Gasteiger partial charge in [-0.1, -0.05) is 49.7 Å². The van der Waals surface area contributed by atoms with Gasteiger partial charge in [0, 0.05) is 28.7 Å². The highest BCUT2D eigenvalue weighted by atomic mass is 32.2. The summed E-state index contributed by atoms with van der Waals surface area (Å²) < 4.78 is 1.69. The summed E-state index contributed by atoms with van der Waals surface area (Å²) in [6, 6.07) is 11.5. The molecule has 1 N–H and O–H groups in total. The van der Waals surface area contributed by atoms with Crippen LogP contribution in [0, 0.1) is 0 Å². The lowest BCUT2D eigenvalue weighted by atomic mass is 10.0. The normalized spacial score (nSPS) is 15.2. The molecule has 0 fully saturated rings. The van der Waals surface area contributed by atoms with Crippen LogP contribution >= 0.6 is 23.1 Å². The lowest BCUT2D eigenvalue weighted by Crippen LogP contribution is -2.59. The SMILES string of the molecule is CCCCCSc1n[n+]2c(c(=O)[nH]1)-c1ccccc1N(C(C)=O)[C@@H]2/C=C/c1cccs1. The number of aromatic nitrogens is 3. The van der Waals surface area contributed by atoms with E-state index in [0.29, 0.717) is 22.1 Å². The van der Waals surface area contributed by atoms with Crippen molar-refractivity contribution in [1.82, 2.24) is 10.1 Å². The first kappa shape index (κ1) is 21.5. The van der Waals surface area contributed by atoms with Crippen LogP contribution in [0.2, 0.25) is 0 Å². The molecule has 0 saturated carbocycles. The molecule has 2 aromatic heterocycles. The fraction of sp³-hybridized carbons (Fsp3) is 0.304. The Kier molecular flexibility index (Phi) is 6.67. The van der Waals surface area contributed by atoms with Crippen molar-refractivity contribution in [3.63, 3.8) is 0 Å². The van der Waals surface area contributed by atoms with Gasteiger partial charge in [-0.15, -0.1) is 11.3 Å². The Bertz CT molecular complexity index is 1150. The van der Waals surface area contributed by atoms with Gasteiger partial charge in [-0.3, -0.25) is 14.6 Å². The van der Waals surface area contributed by atoms with E-state index in [4.69, 9.17) is 5.10 Å². The van der Waals surface area contributed by atoms with E-state index in [-0.39, 0.29) is 11.5 Å². The van der Waals surface area contributed by atoms with E-state index in [1.54, 1.807) is 39.6 Å². The minimum Gasteiger partial charge on any atom is -0.291 e. The number of H-pyrrole nitrogens is 1. The van der Waals surface area contributed by atoms with Gasteiger partial charge in [0.1, 0.15) is 0 Å². The number of hydrogen-bond acceptors (Lipinski definition) is 5. The molecule has 1 amide bonds. The van der Waals surface area contributed by atoms with Crippen LogP contribution in [0.4, 0.5) is 5.69 Å². The molecule has 0 spiro atoms. The molecule has 0 aliphatic carbocycles.